The molecule has 8 aromatic carbocycles. The van der Waals surface area contributed by atoms with E-state index >= 15 is 0 Å². The molecule has 5 aliphatic rings. The molecule has 76 heavy (non-hydrogen) atoms. The normalized spacial score (nSPS) is 16.1. The van der Waals surface area contributed by atoms with Crippen LogP contribution in [0.1, 0.15) is 44.5 Å². The first kappa shape index (κ1) is 50.9. The zero-order valence-corrected chi connectivity index (χ0v) is 43.0. The molecule has 0 saturated carbocycles. The Bertz CT molecular complexity index is 2740. The summed E-state index contributed by atoms with van der Waals surface area (Å²) in [4.78, 5) is 0. The molecule has 10 nitrogen and oxygen atoms in total. The topological polar surface area (TPSA) is 92.3 Å². The van der Waals surface area contributed by atoms with Gasteiger partial charge in [0.15, 0.2) is 0 Å². The smallest absolute Gasteiger partial charge is 0.128 e. The molecule has 388 valence electrons. The van der Waals surface area contributed by atoms with Crippen LogP contribution in [0.2, 0.25) is 0 Å². The van der Waals surface area contributed by atoms with Crippen LogP contribution in [0.15, 0.2) is 170 Å². The zero-order valence-electron chi connectivity index (χ0n) is 43.0. The molecule has 0 aliphatic carbocycles. The van der Waals surface area contributed by atoms with Crippen LogP contribution < -0.4 is 18.9 Å². The van der Waals surface area contributed by atoms with E-state index in [9.17, 15) is 0 Å². The maximum absolute atomic E-state index is 7.01. The third-order valence-corrected chi connectivity index (χ3v) is 13.8. The highest BCUT2D eigenvalue weighted by molar-refractivity contribution is 5.73. The molecule has 0 aromatic heterocycles. The summed E-state index contributed by atoms with van der Waals surface area (Å²) in [6.07, 6.45) is 0.937. The average molecular weight is 1020 g/mol. The fourth-order valence-electron chi connectivity index (χ4n) is 10.3. The minimum Gasteiger partial charge on any atom is -0.491 e. The Hall–Kier alpha value is -7.28. The predicted octanol–water partition coefficient (Wildman–Crippen LogP) is 12.9. The van der Waals surface area contributed by atoms with E-state index < -0.39 is 0 Å². The van der Waals surface area contributed by atoms with E-state index in [4.69, 9.17) is 47.4 Å². The van der Waals surface area contributed by atoms with Gasteiger partial charge < -0.3 is 47.4 Å². The summed E-state index contributed by atoms with van der Waals surface area (Å²) in [5, 5.41) is 0. The molecule has 0 unspecified atom stereocenters. The lowest BCUT2D eigenvalue weighted by atomic mass is 9.91. The second kappa shape index (κ2) is 25.5. The third kappa shape index (κ3) is 12.7. The first-order valence-corrected chi connectivity index (χ1v) is 26.5. The maximum atomic E-state index is 7.01. The molecular weight excluding hydrogens is 953 g/mol. The highest BCUT2D eigenvalue weighted by Gasteiger charge is 2.24. The first-order valence-electron chi connectivity index (χ1n) is 26.5. The van der Waals surface area contributed by atoms with E-state index in [0.717, 1.165) is 112 Å². The van der Waals surface area contributed by atoms with E-state index in [1.807, 2.05) is 24.3 Å². The Kier molecular flexibility index (Phi) is 17.1. The van der Waals surface area contributed by atoms with Crippen LogP contribution in [0, 0.1) is 0 Å². The molecule has 0 fully saturated rings. The summed E-state index contributed by atoms with van der Waals surface area (Å²) in [5.74, 6) is 2.97. The van der Waals surface area contributed by atoms with Crippen molar-refractivity contribution < 1.29 is 47.4 Å². The molecule has 10 heteroatoms. The highest BCUT2D eigenvalue weighted by atomic mass is 16.6. The maximum Gasteiger partial charge on any atom is 0.128 e. The van der Waals surface area contributed by atoms with E-state index in [0.29, 0.717) is 92.1 Å². The second-order valence-corrected chi connectivity index (χ2v) is 19.1. The van der Waals surface area contributed by atoms with Crippen LogP contribution in [0.5, 0.6) is 23.0 Å². The number of hydrogen-bond acceptors (Lipinski definition) is 10. The third-order valence-electron chi connectivity index (χ3n) is 13.8. The van der Waals surface area contributed by atoms with Crippen LogP contribution in [0.3, 0.4) is 0 Å². The predicted molar refractivity (Wildman–Crippen MR) is 295 cm³/mol. The zero-order chi connectivity index (χ0) is 51.1. The summed E-state index contributed by atoms with van der Waals surface area (Å²) in [5.41, 5.74) is 16.1. The van der Waals surface area contributed by atoms with Crippen molar-refractivity contribution in [3.8, 4) is 67.5 Å². The molecule has 5 aliphatic heterocycles. The van der Waals surface area contributed by atoms with E-state index in [1.54, 1.807) is 0 Å². The van der Waals surface area contributed by atoms with Gasteiger partial charge in [0.25, 0.3) is 0 Å². The molecule has 0 atom stereocenters. The first-order chi connectivity index (χ1) is 37.7. The summed E-state index contributed by atoms with van der Waals surface area (Å²) in [6.45, 7) is 5.28. The van der Waals surface area contributed by atoms with Crippen molar-refractivity contribution in [2.45, 2.75) is 39.3 Å². The van der Waals surface area contributed by atoms with Crippen molar-refractivity contribution in [1.82, 2.24) is 0 Å². The van der Waals surface area contributed by atoms with Gasteiger partial charge in [0.2, 0.25) is 0 Å². The Morgan fingerprint density at radius 1 is 0.197 bits per heavy atom. The fraction of sp³-hybridized carbons (Fsp3) is 0.273. The largest absolute Gasteiger partial charge is 0.491 e. The number of hydrogen-bond donors (Lipinski definition) is 0. The average Bonchev–Trinajstić information content (AvgIpc) is 3.47. The van der Waals surface area contributed by atoms with Crippen LogP contribution >= 0.6 is 0 Å². The molecule has 0 spiro atoms. The van der Waals surface area contributed by atoms with Gasteiger partial charge in [-0.3, -0.25) is 0 Å². The molecular formula is C66H64O10. The molecule has 0 amide bonds. The van der Waals surface area contributed by atoms with Gasteiger partial charge in [0.1, 0.15) is 49.4 Å². The van der Waals surface area contributed by atoms with E-state index in [-0.39, 0.29) is 26.4 Å². The Labute approximate surface area is 446 Å². The summed E-state index contributed by atoms with van der Waals surface area (Å²) in [6, 6.07) is 59.7. The lowest BCUT2D eigenvalue weighted by molar-refractivity contribution is 0.0259. The van der Waals surface area contributed by atoms with Crippen LogP contribution in [0.4, 0.5) is 0 Å². The van der Waals surface area contributed by atoms with Crippen LogP contribution in [0.25, 0.3) is 44.5 Å². The second-order valence-electron chi connectivity index (χ2n) is 19.1. The highest BCUT2D eigenvalue weighted by Crippen LogP contribution is 2.42. The van der Waals surface area contributed by atoms with Gasteiger partial charge in [0.05, 0.1) is 79.3 Å². The van der Waals surface area contributed by atoms with Crippen LogP contribution in [-0.2, 0) is 67.7 Å². The summed E-state index contributed by atoms with van der Waals surface area (Å²) >= 11 is 0. The monoisotopic (exact) mass is 1020 g/mol. The van der Waals surface area contributed by atoms with Crippen molar-refractivity contribution in [3.05, 3.63) is 214 Å². The van der Waals surface area contributed by atoms with Crippen molar-refractivity contribution in [1.29, 1.82) is 0 Å². The number of ether oxygens (including phenoxy) is 10. The minimum absolute atomic E-state index is 0.245. The quantitative estimate of drug-likeness (QED) is 0.159. The van der Waals surface area contributed by atoms with Crippen molar-refractivity contribution in [2.24, 2.45) is 0 Å². The summed E-state index contributed by atoms with van der Waals surface area (Å²) in [7, 11) is 0. The van der Waals surface area contributed by atoms with Gasteiger partial charge >= 0.3 is 0 Å². The fourth-order valence-corrected chi connectivity index (χ4v) is 10.3. The lowest BCUT2D eigenvalue weighted by Gasteiger charge is -2.23. The number of benzene rings is 8. The molecule has 12 bridgehead atoms. The Morgan fingerprint density at radius 3 is 0.645 bits per heavy atom. The standard InChI is InChI=1S/C66H64O10/c1-5-13-47(14-6-1)51-33-55-41-56-34-52(48-15-7-2-8-16-48)38-61-45-72-46-62-40-54(50-19-11-4-12-20-50)36-58-42-57-35-53(49-17-9-3-10-18-49)39-60(65(57)75-31-27-70-24-23-68-26-30-74-64(56)61)44-71-43-59(37-51)63(55)73-29-25-67-21-22-69-28-32-76-66(58)62/h1-20,33-40H,21-32,41-46H2. The molecule has 0 saturated heterocycles. The Balaban J connectivity index is 1.17. The van der Waals surface area contributed by atoms with Gasteiger partial charge in [-0.1, -0.05) is 121 Å². The lowest BCUT2D eigenvalue weighted by Crippen LogP contribution is -2.15. The van der Waals surface area contributed by atoms with Crippen molar-refractivity contribution >= 4 is 0 Å². The molecule has 8 aromatic rings. The van der Waals surface area contributed by atoms with Crippen molar-refractivity contribution in [3.63, 3.8) is 0 Å². The minimum atomic E-state index is 0.245. The number of fused-ring (bicyclic) bond motifs is 18. The molecule has 0 radical (unpaired) electrons. The van der Waals surface area contributed by atoms with Crippen LogP contribution in [-0.4, -0.2) is 79.3 Å². The van der Waals surface area contributed by atoms with E-state index in [2.05, 4.69) is 146 Å². The Morgan fingerprint density at radius 2 is 0.408 bits per heavy atom. The van der Waals surface area contributed by atoms with Gasteiger partial charge in [-0.05, 0) is 115 Å². The van der Waals surface area contributed by atoms with Gasteiger partial charge in [0, 0.05) is 35.1 Å². The van der Waals surface area contributed by atoms with E-state index in [1.165, 1.54) is 0 Å². The molecule has 5 heterocycles. The molecule has 13 rings (SSSR count). The molecule has 0 N–H and O–H groups in total. The SMILES string of the molecule is c1ccc(-c2cc3c4c(c2)Cc2cc(-c5ccccc5)cc5c2OCCOCCOCCOc2c(cc(-c6ccccc6)cc2Cc2cc(-c6ccccc6)cc(c2OCCOCCOCCO4)COC5)COC3)cc1. The van der Waals surface area contributed by atoms with Gasteiger partial charge in [-0.15, -0.1) is 0 Å². The van der Waals surface area contributed by atoms with Crippen molar-refractivity contribution in [2.75, 3.05) is 79.3 Å². The number of rotatable bonds is 4. The summed E-state index contributed by atoms with van der Waals surface area (Å²) < 4.78 is 66.3. The van der Waals surface area contributed by atoms with Gasteiger partial charge in [-0.25, -0.2) is 0 Å². The van der Waals surface area contributed by atoms with Gasteiger partial charge in [-0.2, -0.15) is 0 Å².